The molecule has 0 saturated carbocycles. The number of nitrogens with zero attached hydrogens (tertiary/aromatic N) is 3. The van der Waals surface area contributed by atoms with Crippen molar-refractivity contribution in [1.82, 2.24) is 25.6 Å². The smallest absolute Gasteiger partial charge is 0.204 e. The number of benzene rings is 3. The van der Waals surface area contributed by atoms with Crippen molar-refractivity contribution in [1.29, 1.82) is 5.41 Å². The van der Waals surface area contributed by atoms with Gasteiger partial charge in [0.1, 0.15) is 11.6 Å². The van der Waals surface area contributed by atoms with Crippen molar-refractivity contribution in [2.75, 3.05) is 0 Å². The number of aromatic hydroxyl groups is 1. The third-order valence-electron chi connectivity index (χ3n) is 5.04. The number of nitrogens with two attached hydrogens (primary N) is 1. The van der Waals surface area contributed by atoms with Gasteiger partial charge in [0.25, 0.3) is 0 Å². The first-order chi connectivity index (χ1) is 14.6. The lowest BCUT2D eigenvalue weighted by atomic mass is 9.98. The minimum Gasteiger partial charge on any atom is -0.507 e. The summed E-state index contributed by atoms with van der Waals surface area (Å²) in [5, 5.41) is 33.7. The second-order valence-electron chi connectivity index (χ2n) is 6.92. The second-order valence-corrected chi connectivity index (χ2v) is 6.92. The number of phenolic OH excluding ortho intramolecular Hbond substituents is 1. The maximum absolute atomic E-state index is 11.1. The fourth-order valence-corrected chi connectivity index (χ4v) is 3.55. The first kappa shape index (κ1) is 17.6. The van der Waals surface area contributed by atoms with E-state index < -0.39 is 0 Å². The summed E-state index contributed by atoms with van der Waals surface area (Å²) in [7, 11) is 0. The molecule has 2 heterocycles. The van der Waals surface area contributed by atoms with Gasteiger partial charge in [0.15, 0.2) is 0 Å². The standard InChI is InChI=1S/C22H17N7O/c23-21(24)13-7-8-18-15(10-13)11-19(25-18)17-6-2-5-16(20(17)30)12-3-1-4-14(9-12)22-26-28-29-27-22/h1-11,25,30H,(H3,23,24)(H,26,27,28,29). The number of aromatic amines is 2. The van der Waals surface area contributed by atoms with Crippen LogP contribution < -0.4 is 5.73 Å². The van der Waals surface area contributed by atoms with E-state index in [4.69, 9.17) is 11.1 Å². The van der Waals surface area contributed by atoms with Crippen LogP contribution in [0.3, 0.4) is 0 Å². The van der Waals surface area contributed by atoms with E-state index in [1.165, 1.54) is 0 Å². The summed E-state index contributed by atoms with van der Waals surface area (Å²) in [6, 6.07) is 20.7. The van der Waals surface area contributed by atoms with Crippen molar-refractivity contribution in [2.24, 2.45) is 5.73 Å². The highest BCUT2D eigenvalue weighted by atomic mass is 16.3. The van der Waals surface area contributed by atoms with Crippen molar-refractivity contribution in [3.63, 3.8) is 0 Å². The number of fused-ring (bicyclic) bond motifs is 1. The van der Waals surface area contributed by atoms with Gasteiger partial charge in [-0.25, -0.2) is 0 Å². The summed E-state index contributed by atoms with van der Waals surface area (Å²) in [6.07, 6.45) is 0. The molecule has 8 nitrogen and oxygen atoms in total. The van der Waals surface area contributed by atoms with Crippen molar-refractivity contribution in [2.45, 2.75) is 0 Å². The molecule has 8 heteroatoms. The van der Waals surface area contributed by atoms with Crippen LogP contribution in [0.4, 0.5) is 0 Å². The number of aromatic nitrogens is 5. The van der Waals surface area contributed by atoms with Gasteiger partial charge in [-0.1, -0.05) is 30.3 Å². The number of hydrogen-bond acceptors (Lipinski definition) is 5. The Morgan fingerprint density at radius 2 is 1.73 bits per heavy atom. The maximum atomic E-state index is 11.1. The highest BCUT2D eigenvalue weighted by Crippen LogP contribution is 2.39. The highest BCUT2D eigenvalue weighted by Gasteiger charge is 2.14. The maximum Gasteiger partial charge on any atom is 0.204 e. The molecule has 0 atom stereocenters. The van der Waals surface area contributed by atoms with Gasteiger partial charge >= 0.3 is 0 Å². The summed E-state index contributed by atoms with van der Waals surface area (Å²) >= 11 is 0. The summed E-state index contributed by atoms with van der Waals surface area (Å²) < 4.78 is 0. The fourth-order valence-electron chi connectivity index (χ4n) is 3.55. The zero-order chi connectivity index (χ0) is 20.7. The van der Waals surface area contributed by atoms with Crippen molar-refractivity contribution >= 4 is 16.7 Å². The molecule has 0 bridgehead atoms. The lowest BCUT2D eigenvalue weighted by Crippen LogP contribution is -2.10. The fraction of sp³-hybridized carbons (Fsp3) is 0. The monoisotopic (exact) mass is 395 g/mol. The summed E-state index contributed by atoms with van der Waals surface area (Å²) in [5.74, 6) is 0.677. The van der Waals surface area contributed by atoms with Crippen LogP contribution in [0.15, 0.2) is 66.7 Å². The van der Waals surface area contributed by atoms with Crippen LogP contribution in [-0.4, -0.2) is 36.6 Å². The third kappa shape index (κ3) is 2.96. The van der Waals surface area contributed by atoms with Crippen molar-refractivity contribution < 1.29 is 5.11 Å². The van der Waals surface area contributed by atoms with E-state index in [2.05, 4.69) is 25.6 Å². The Labute approximate surface area is 170 Å². The Morgan fingerprint density at radius 3 is 2.53 bits per heavy atom. The van der Waals surface area contributed by atoms with E-state index in [1.807, 2.05) is 60.7 Å². The number of rotatable bonds is 4. The Hall–Kier alpha value is -4.46. The third-order valence-corrected chi connectivity index (χ3v) is 5.04. The van der Waals surface area contributed by atoms with Gasteiger partial charge < -0.3 is 15.8 Å². The molecule has 5 rings (SSSR count). The summed E-state index contributed by atoms with van der Waals surface area (Å²) in [6.45, 7) is 0. The number of tetrazole rings is 1. The lowest BCUT2D eigenvalue weighted by Gasteiger charge is -2.10. The van der Waals surface area contributed by atoms with E-state index in [-0.39, 0.29) is 11.6 Å². The number of amidine groups is 1. The first-order valence-corrected chi connectivity index (χ1v) is 9.24. The molecule has 0 aliphatic heterocycles. The zero-order valence-electron chi connectivity index (χ0n) is 15.7. The van der Waals surface area contributed by atoms with E-state index in [0.717, 1.165) is 27.7 Å². The largest absolute Gasteiger partial charge is 0.507 e. The van der Waals surface area contributed by atoms with E-state index in [1.54, 1.807) is 6.07 Å². The highest BCUT2D eigenvalue weighted by molar-refractivity contribution is 5.99. The SMILES string of the molecule is N=C(N)c1ccc2[nH]c(-c3cccc(-c4cccc(-c5nn[nH]n5)c4)c3O)cc2c1. The molecule has 0 aliphatic carbocycles. The van der Waals surface area contributed by atoms with E-state index in [9.17, 15) is 5.11 Å². The Kier molecular flexibility index (Phi) is 4.03. The molecule has 3 aromatic carbocycles. The number of H-pyrrole nitrogens is 2. The van der Waals surface area contributed by atoms with E-state index >= 15 is 0 Å². The quantitative estimate of drug-likeness (QED) is 0.233. The number of phenols is 1. The molecule has 0 aliphatic rings. The van der Waals surface area contributed by atoms with Gasteiger partial charge in [0.05, 0.1) is 5.69 Å². The van der Waals surface area contributed by atoms with E-state index in [0.29, 0.717) is 22.5 Å². The Bertz CT molecular complexity index is 1390. The second kappa shape index (κ2) is 6.85. The molecule has 30 heavy (non-hydrogen) atoms. The van der Waals surface area contributed by atoms with Gasteiger partial charge in [0, 0.05) is 33.2 Å². The number of hydrogen-bond donors (Lipinski definition) is 5. The van der Waals surface area contributed by atoms with Crippen LogP contribution in [0.2, 0.25) is 0 Å². The molecule has 0 amide bonds. The van der Waals surface area contributed by atoms with Crippen molar-refractivity contribution in [3.05, 3.63) is 72.3 Å². The molecular weight excluding hydrogens is 378 g/mol. The molecule has 0 fully saturated rings. The molecule has 146 valence electrons. The summed E-state index contributed by atoms with van der Waals surface area (Å²) in [4.78, 5) is 3.33. The predicted octanol–water partition coefficient (Wildman–Crippen LogP) is 3.67. The van der Waals surface area contributed by atoms with Gasteiger partial charge in [0.2, 0.25) is 5.82 Å². The Morgan fingerprint density at radius 1 is 0.933 bits per heavy atom. The first-order valence-electron chi connectivity index (χ1n) is 9.24. The number of para-hydroxylation sites is 1. The molecule has 6 N–H and O–H groups in total. The normalized spacial score (nSPS) is 11.1. The predicted molar refractivity (Wildman–Crippen MR) is 115 cm³/mol. The van der Waals surface area contributed by atoms with Crippen LogP contribution in [0.25, 0.3) is 44.7 Å². The molecule has 0 radical (unpaired) electrons. The van der Waals surface area contributed by atoms with Gasteiger partial charge in [-0.2, -0.15) is 5.21 Å². The Balaban J connectivity index is 1.60. The topological polar surface area (TPSA) is 140 Å². The van der Waals surface area contributed by atoms with Gasteiger partial charge in [-0.05, 0) is 47.2 Å². The zero-order valence-corrected chi connectivity index (χ0v) is 15.7. The molecular formula is C22H17N7O. The van der Waals surface area contributed by atoms with Gasteiger partial charge in [-0.3, -0.25) is 5.41 Å². The number of nitrogen functional groups attached to an aromatic ring is 1. The average Bonchev–Trinajstić information content (AvgIpc) is 3.43. The molecule has 0 saturated heterocycles. The van der Waals surface area contributed by atoms with Crippen LogP contribution in [0, 0.1) is 5.41 Å². The van der Waals surface area contributed by atoms with Crippen LogP contribution >= 0.6 is 0 Å². The molecule has 5 aromatic rings. The van der Waals surface area contributed by atoms with Crippen LogP contribution in [-0.2, 0) is 0 Å². The van der Waals surface area contributed by atoms with Gasteiger partial charge in [-0.15, -0.1) is 10.2 Å². The number of nitrogens with one attached hydrogen (secondary N) is 3. The summed E-state index contributed by atoms with van der Waals surface area (Å²) in [5.41, 5.74) is 10.9. The minimum atomic E-state index is 0.0194. The average molecular weight is 395 g/mol. The van der Waals surface area contributed by atoms with Crippen molar-refractivity contribution in [3.8, 4) is 39.5 Å². The molecule has 0 spiro atoms. The van der Waals surface area contributed by atoms with Crippen LogP contribution in [0.5, 0.6) is 5.75 Å². The molecule has 2 aromatic heterocycles. The lowest BCUT2D eigenvalue weighted by molar-refractivity contribution is 0.479. The molecule has 0 unspecified atom stereocenters. The van der Waals surface area contributed by atoms with Crippen LogP contribution in [0.1, 0.15) is 5.56 Å². The minimum absolute atomic E-state index is 0.0194.